The number of nitrogens with zero attached hydrogens (tertiary/aromatic N) is 1. The van der Waals surface area contributed by atoms with Crippen LogP contribution in [0.2, 0.25) is 5.15 Å². The highest BCUT2D eigenvalue weighted by atomic mass is 35.5. The van der Waals surface area contributed by atoms with Crippen molar-refractivity contribution in [3.8, 4) is 5.88 Å². The van der Waals surface area contributed by atoms with Gasteiger partial charge in [0.1, 0.15) is 11.8 Å². The van der Waals surface area contributed by atoms with Gasteiger partial charge in [0.25, 0.3) is 0 Å². The molecule has 0 aliphatic rings. The second-order valence-corrected chi connectivity index (χ2v) is 4.20. The Morgan fingerprint density at radius 3 is 2.61 bits per heavy atom. The minimum Gasteiger partial charge on any atom is -0.472 e. The van der Waals surface area contributed by atoms with Crippen molar-refractivity contribution in [2.24, 2.45) is 0 Å². The van der Waals surface area contributed by atoms with Gasteiger partial charge in [0.2, 0.25) is 5.88 Å². The number of hydrogen-bond acceptors (Lipinski definition) is 3. The molecule has 4 heteroatoms. The molecule has 2 rings (SSSR count). The van der Waals surface area contributed by atoms with Crippen LogP contribution in [0.1, 0.15) is 22.8 Å². The summed E-state index contributed by atoms with van der Waals surface area (Å²) in [5.41, 5.74) is 1.45. The molecule has 0 saturated carbocycles. The third-order valence-corrected chi connectivity index (χ3v) is 2.63. The SMILES string of the molecule is CC(=O)c1ccc(Cl)nc1OCc1ccccc1. The van der Waals surface area contributed by atoms with Crippen LogP contribution in [-0.2, 0) is 6.61 Å². The van der Waals surface area contributed by atoms with Gasteiger partial charge in [-0.1, -0.05) is 41.9 Å². The Kier molecular flexibility index (Phi) is 3.95. The van der Waals surface area contributed by atoms with Crippen molar-refractivity contribution in [1.29, 1.82) is 0 Å². The van der Waals surface area contributed by atoms with Gasteiger partial charge in [0.05, 0.1) is 5.56 Å². The number of ketones is 1. The summed E-state index contributed by atoms with van der Waals surface area (Å²) in [5, 5.41) is 0.308. The predicted octanol–water partition coefficient (Wildman–Crippen LogP) is 3.52. The normalized spacial score (nSPS) is 10.1. The fraction of sp³-hybridized carbons (Fsp3) is 0.143. The molecule has 0 unspecified atom stereocenters. The molecule has 92 valence electrons. The van der Waals surface area contributed by atoms with Gasteiger partial charge in [-0.05, 0) is 24.6 Å². The maximum Gasteiger partial charge on any atom is 0.226 e. The molecule has 2 aromatic rings. The van der Waals surface area contributed by atoms with Crippen molar-refractivity contribution in [2.45, 2.75) is 13.5 Å². The van der Waals surface area contributed by atoms with Gasteiger partial charge >= 0.3 is 0 Å². The smallest absolute Gasteiger partial charge is 0.226 e. The summed E-state index contributed by atoms with van der Waals surface area (Å²) in [6.45, 7) is 1.83. The topological polar surface area (TPSA) is 39.2 Å². The van der Waals surface area contributed by atoms with Gasteiger partial charge in [0.15, 0.2) is 5.78 Å². The number of halogens is 1. The van der Waals surface area contributed by atoms with E-state index in [1.165, 1.54) is 6.92 Å². The van der Waals surface area contributed by atoms with Crippen LogP contribution in [0.25, 0.3) is 0 Å². The quantitative estimate of drug-likeness (QED) is 0.624. The summed E-state index contributed by atoms with van der Waals surface area (Å²) >= 11 is 5.80. The molecule has 1 aromatic carbocycles. The van der Waals surface area contributed by atoms with Crippen molar-refractivity contribution >= 4 is 17.4 Å². The molecule has 0 spiro atoms. The lowest BCUT2D eigenvalue weighted by atomic mass is 10.2. The van der Waals surface area contributed by atoms with Gasteiger partial charge < -0.3 is 4.74 Å². The Hall–Kier alpha value is -1.87. The van der Waals surface area contributed by atoms with Crippen LogP contribution in [-0.4, -0.2) is 10.8 Å². The first-order chi connectivity index (χ1) is 8.66. The van der Waals surface area contributed by atoms with Crippen LogP contribution in [0.5, 0.6) is 5.88 Å². The van der Waals surface area contributed by atoms with Gasteiger partial charge in [-0.3, -0.25) is 4.79 Å². The zero-order chi connectivity index (χ0) is 13.0. The number of carbonyl (C=O) groups is 1. The van der Waals surface area contributed by atoms with Gasteiger partial charge in [-0.15, -0.1) is 0 Å². The van der Waals surface area contributed by atoms with E-state index in [9.17, 15) is 4.79 Å². The molecule has 3 nitrogen and oxygen atoms in total. The van der Waals surface area contributed by atoms with Crippen molar-refractivity contribution in [2.75, 3.05) is 0 Å². The fourth-order valence-electron chi connectivity index (χ4n) is 1.52. The molecule has 0 aliphatic carbocycles. The Bertz CT molecular complexity index is 555. The number of hydrogen-bond donors (Lipinski definition) is 0. The largest absolute Gasteiger partial charge is 0.472 e. The Morgan fingerprint density at radius 2 is 1.94 bits per heavy atom. The minimum absolute atomic E-state index is 0.0952. The maximum atomic E-state index is 11.4. The van der Waals surface area contributed by atoms with Crippen LogP contribution >= 0.6 is 11.6 Å². The molecule has 0 fully saturated rings. The number of Topliss-reactive ketones (excluding diaryl/α,β-unsaturated/α-hetero) is 1. The van der Waals surface area contributed by atoms with E-state index >= 15 is 0 Å². The standard InChI is InChI=1S/C14H12ClNO2/c1-10(17)12-7-8-13(15)16-14(12)18-9-11-5-3-2-4-6-11/h2-8H,9H2,1H3. The van der Waals surface area contributed by atoms with Crippen molar-refractivity contribution < 1.29 is 9.53 Å². The second-order valence-electron chi connectivity index (χ2n) is 3.82. The third-order valence-electron chi connectivity index (χ3n) is 2.42. The monoisotopic (exact) mass is 261 g/mol. The zero-order valence-electron chi connectivity index (χ0n) is 9.89. The molecule has 0 aliphatic heterocycles. The van der Waals surface area contributed by atoms with Crippen molar-refractivity contribution in [3.63, 3.8) is 0 Å². The molecule has 1 aromatic heterocycles. The summed E-state index contributed by atoms with van der Waals surface area (Å²) < 4.78 is 5.55. The van der Waals surface area contributed by atoms with Crippen LogP contribution in [0.15, 0.2) is 42.5 Å². The number of ether oxygens (including phenoxy) is 1. The number of rotatable bonds is 4. The third kappa shape index (κ3) is 3.08. The summed E-state index contributed by atoms with van der Waals surface area (Å²) in [6, 6.07) is 12.9. The van der Waals surface area contributed by atoms with Gasteiger partial charge in [-0.25, -0.2) is 4.98 Å². The van der Waals surface area contributed by atoms with Crippen LogP contribution in [0, 0.1) is 0 Å². The highest BCUT2D eigenvalue weighted by Crippen LogP contribution is 2.20. The highest BCUT2D eigenvalue weighted by Gasteiger charge is 2.10. The fourth-order valence-corrected chi connectivity index (χ4v) is 1.66. The number of benzene rings is 1. The van der Waals surface area contributed by atoms with E-state index in [0.717, 1.165) is 5.56 Å². The van der Waals surface area contributed by atoms with Crippen LogP contribution in [0.4, 0.5) is 0 Å². The van der Waals surface area contributed by atoms with Gasteiger partial charge in [0, 0.05) is 0 Å². The average molecular weight is 262 g/mol. The summed E-state index contributed by atoms with van der Waals surface area (Å²) in [5.74, 6) is 0.182. The van der Waals surface area contributed by atoms with E-state index in [-0.39, 0.29) is 11.7 Å². The van der Waals surface area contributed by atoms with E-state index in [4.69, 9.17) is 16.3 Å². The maximum absolute atomic E-state index is 11.4. The lowest BCUT2D eigenvalue weighted by Crippen LogP contribution is -2.03. The predicted molar refractivity (Wildman–Crippen MR) is 70.0 cm³/mol. The van der Waals surface area contributed by atoms with Crippen molar-refractivity contribution in [3.05, 3.63) is 58.7 Å². The molecule has 0 bridgehead atoms. The second kappa shape index (κ2) is 5.65. The summed E-state index contributed by atoms with van der Waals surface area (Å²) in [6.07, 6.45) is 0. The van der Waals surface area contributed by atoms with E-state index in [0.29, 0.717) is 17.3 Å². The minimum atomic E-state index is -0.0952. The van der Waals surface area contributed by atoms with E-state index in [1.54, 1.807) is 12.1 Å². The first kappa shape index (κ1) is 12.6. The molecule has 0 amide bonds. The van der Waals surface area contributed by atoms with Crippen molar-refractivity contribution in [1.82, 2.24) is 4.98 Å². The number of aromatic nitrogens is 1. The highest BCUT2D eigenvalue weighted by molar-refractivity contribution is 6.29. The lowest BCUT2D eigenvalue weighted by Gasteiger charge is -2.08. The van der Waals surface area contributed by atoms with Gasteiger partial charge in [-0.2, -0.15) is 0 Å². The Labute approximate surface area is 110 Å². The first-order valence-corrected chi connectivity index (χ1v) is 5.89. The first-order valence-electron chi connectivity index (χ1n) is 5.51. The van der Waals surface area contributed by atoms with E-state index in [2.05, 4.69) is 4.98 Å². The molecular weight excluding hydrogens is 250 g/mol. The molecular formula is C14H12ClNO2. The van der Waals surface area contributed by atoms with Crippen LogP contribution < -0.4 is 4.74 Å². The van der Waals surface area contributed by atoms with E-state index in [1.807, 2.05) is 30.3 Å². The lowest BCUT2D eigenvalue weighted by molar-refractivity contribution is 0.101. The molecule has 18 heavy (non-hydrogen) atoms. The molecule has 0 saturated heterocycles. The zero-order valence-corrected chi connectivity index (χ0v) is 10.6. The summed E-state index contributed by atoms with van der Waals surface area (Å²) in [7, 11) is 0. The summed E-state index contributed by atoms with van der Waals surface area (Å²) in [4.78, 5) is 15.5. The molecule has 0 radical (unpaired) electrons. The Morgan fingerprint density at radius 1 is 1.22 bits per heavy atom. The van der Waals surface area contributed by atoms with E-state index < -0.39 is 0 Å². The number of pyridine rings is 1. The molecule has 0 atom stereocenters. The molecule has 1 heterocycles. The van der Waals surface area contributed by atoms with Crippen LogP contribution in [0.3, 0.4) is 0 Å². The number of carbonyl (C=O) groups excluding carboxylic acids is 1. The molecule has 0 N–H and O–H groups in total. The average Bonchev–Trinajstić information content (AvgIpc) is 2.37. The Balaban J connectivity index is 2.18.